The molecule has 0 saturated heterocycles. The molecule has 0 aromatic rings. The second kappa shape index (κ2) is 5.00. The van der Waals surface area contributed by atoms with Gasteiger partial charge >= 0.3 is 5.97 Å². The molecule has 0 bridgehead atoms. The Morgan fingerprint density at radius 1 is 1.40 bits per heavy atom. The first kappa shape index (κ1) is 12.5. The van der Waals surface area contributed by atoms with Crippen LogP contribution in [0.4, 0.5) is 0 Å². The third kappa shape index (κ3) is 3.22. The fourth-order valence-electron chi connectivity index (χ4n) is 2.90. The minimum Gasteiger partial charge on any atom is -0.481 e. The first-order valence-electron chi connectivity index (χ1n) is 6.21. The van der Waals surface area contributed by atoms with Crippen molar-refractivity contribution in [3.8, 4) is 0 Å². The quantitative estimate of drug-likeness (QED) is 0.771. The number of carboxylic acids is 1. The van der Waals surface area contributed by atoms with Gasteiger partial charge in [0, 0.05) is 0 Å². The molecule has 1 saturated carbocycles. The predicted octanol–water partition coefficient (Wildman–Crippen LogP) is 3.70. The average molecular weight is 212 g/mol. The van der Waals surface area contributed by atoms with Gasteiger partial charge in [0.25, 0.3) is 0 Å². The SMILES string of the molecule is CCC1(CC(=O)O)CCC(C(C)C)CC1. The standard InChI is InChI=1S/C13H24O2/c1-4-13(9-12(14)15)7-5-11(6-8-13)10(2)3/h10-11H,4-9H2,1-3H3,(H,14,15). The molecule has 1 rings (SSSR count). The minimum atomic E-state index is -0.625. The maximum absolute atomic E-state index is 10.8. The van der Waals surface area contributed by atoms with E-state index in [-0.39, 0.29) is 5.41 Å². The largest absolute Gasteiger partial charge is 0.481 e. The van der Waals surface area contributed by atoms with Crippen LogP contribution in [0.1, 0.15) is 59.3 Å². The Morgan fingerprint density at radius 2 is 1.93 bits per heavy atom. The van der Waals surface area contributed by atoms with Crippen LogP contribution in [0.5, 0.6) is 0 Å². The highest BCUT2D eigenvalue weighted by Gasteiger charge is 2.36. The van der Waals surface area contributed by atoms with E-state index in [2.05, 4.69) is 20.8 Å². The van der Waals surface area contributed by atoms with Crippen molar-refractivity contribution in [3.63, 3.8) is 0 Å². The molecule has 15 heavy (non-hydrogen) atoms. The fraction of sp³-hybridized carbons (Fsp3) is 0.923. The van der Waals surface area contributed by atoms with Crippen molar-refractivity contribution < 1.29 is 9.90 Å². The number of hydrogen-bond donors (Lipinski definition) is 1. The maximum atomic E-state index is 10.8. The van der Waals surface area contributed by atoms with Gasteiger partial charge in [0.2, 0.25) is 0 Å². The zero-order valence-corrected chi connectivity index (χ0v) is 10.3. The average Bonchev–Trinajstić information content (AvgIpc) is 2.17. The Balaban J connectivity index is 2.54. The first-order chi connectivity index (χ1) is 6.99. The third-order valence-electron chi connectivity index (χ3n) is 4.31. The summed E-state index contributed by atoms with van der Waals surface area (Å²) in [6, 6.07) is 0. The van der Waals surface area contributed by atoms with Crippen molar-refractivity contribution in [2.45, 2.75) is 59.3 Å². The molecule has 0 aromatic carbocycles. The van der Waals surface area contributed by atoms with Crippen LogP contribution in [0.15, 0.2) is 0 Å². The van der Waals surface area contributed by atoms with Gasteiger partial charge in [-0.1, -0.05) is 20.8 Å². The summed E-state index contributed by atoms with van der Waals surface area (Å²) in [7, 11) is 0. The van der Waals surface area contributed by atoms with E-state index < -0.39 is 5.97 Å². The molecule has 0 atom stereocenters. The van der Waals surface area contributed by atoms with Gasteiger partial charge in [0.15, 0.2) is 0 Å². The Kier molecular flexibility index (Phi) is 4.18. The van der Waals surface area contributed by atoms with Gasteiger partial charge < -0.3 is 5.11 Å². The molecule has 1 aliphatic rings. The Bertz CT molecular complexity index is 213. The second-order valence-electron chi connectivity index (χ2n) is 5.51. The third-order valence-corrected chi connectivity index (χ3v) is 4.31. The van der Waals surface area contributed by atoms with Crippen molar-refractivity contribution >= 4 is 5.97 Å². The minimum absolute atomic E-state index is 0.108. The van der Waals surface area contributed by atoms with E-state index in [0.29, 0.717) is 6.42 Å². The van der Waals surface area contributed by atoms with Gasteiger partial charge in [-0.15, -0.1) is 0 Å². The van der Waals surface area contributed by atoms with E-state index in [1.54, 1.807) is 0 Å². The summed E-state index contributed by atoms with van der Waals surface area (Å²) in [6.45, 7) is 6.69. The second-order valence-corrected chi connectivity index (χ2v) is 5.51. The van der Waals surface area contributed by atoms with Crippen molar-refractivity contribution in [3.05, 3.63) is 0 Å². The zero-order chi connectivity index (χ0) is 11.5. The van der Waals surface area contributed by atoms with Gasteiger partial charge in [-0.3, -0.25) is 4.79 Å². The molecule has 2 nitrogen and oxygen atoms in total. The van der Waals surface area contributed by atoms with E-state index in [4.69, 9.17) is 5.11 Å². The molecular weight excluding hydrogens is 188 g/mol. The number of carboxylic acid groups (broad SMARTS) is 1. The molecule has 1 N–H and O–H groups in total. The number of carbonyl (C=O) groups is 1. The number of aliphatic carboxylic acids is 1. The van der Waals surface area contributed by atoms with Crippen molar-refractivity contribution in [1.82, 2.24) is 0 Å². The van der Waals surface area contributed by atoms with Gasteiger partial charge in [-0.2, -0.15) is 0 Å². The van der Waals surface area contributed by atoms with Crippen LogP contribution in [-0.4, -0.2) is 11.1 Å². The molecule has 1 aliphatic carbocycles. The molecule has 1 fully saturated rings. The molecule has 0 aliphatic heterocycles. The topological polar surface area (TPSA) is 37.3 Å². The summed E-state index contributed by atoms with van der Waals surface area (Å²) in [6.07, 6.45) is 6.05. The number of rotatable bonds is 4. The lowest BCUT2D eigenvalue weighted by molar-refractivity contribution is -0.140. The summed E-state index contributed by atoms with van der Waals surface area (Å²) in [5.41, 5.74) is 0.108. The highest BCUT2D eigenvalue weighted by Crippen LogP contribution is 2.45. The van der Waals surface area contributed by atoms with Crippen LogP contribution in [0.3, 0.4) is 0 Å². The van der Waals surface area contributed by atoms with Crippen molar-refractivity contribution in [2.24, 2.45) is 17.3 Å². The fourth-order valence-corrected chi connectivity index (χ4v) is 2.90. The summed E-state index contributed by atoms with van der Waals surface area (Å²) in [5.74, 6) is 0.947. The molecule has 0 radical (unpaired) electrons. The van der Waals surface area contributed by atoms with Gasteiger partial charge in [-0.05, 0) is 49.4 Å². The Hall–Kier alpha value is -0.530. The smallest absolute Gasteiger partial charge is 0.303 e. The normalized spacial score (nSPS) is 31.9. The first-order valence-corrected chi connectivity index (χ1v) is 6.21. The Labute approximate surface area is 93.1 Å². The van der Waals surface area contributed by atoms with Gasteiger partial charge in [0.05, 0.1) is 6.42 Å². The lowest BCUT2D eigenvalue weighted by Crippen LogP contribution is -2.31. The summed E-state index contributed by atoms with van der Waals surface area (Å²) in [5, 5.41) is 8.94. The molecule has 0 aromatic heterocycles. The maximum Gasteiger partial charge on any atom is 0.303 e. The van der Waals surface area contributed by atoms with E-state index in [9.17, 15) is 4.79 Å². The van der Waals surface area contributed by atoms with Crippen LogP contribution in [-0.2, 0) is 4.79 Å². The van der Waals surface area contributed by atoms with Crippen molar-refractivity contribution in [1.29, 1.82) is 0 Å². The van der Waals surface area contributed by atoms with Gasteiger partial charge in [0.1, 0.15) is 0 Å². The molecule has 0 unspecified atom stereocenters. The van der Waals surface area contributed by atoms with Crippen LogP contribution in [0, 0.1) is 17.3 Å². The van der Waals surface area contributed by atoms with E-state index >= 15 is 0 Å². The van der Waals surface area contributed by atoms with Crippen LogP contribution < -0.4 is 0 Å². The van der Waals surface area contributed by atoms with Crippen molar-refractivity contribution in [2.75, 3.05) is 0 Å². The molecular formula is C13H24O2. The Morgan fingerprint density at radius 3 is 2.27 bits per heavy atom. The lowest BCUT2D eigenvalue weighted by atomic mass is 9.65. The molecule has 2 heteroatoms. The molecule has 0 amide bonds. The monoisotopic (exact) mass is 212 g/mol. The molecule has 0 heterocycles. The van der Waals surface area contributed by atoms with Gasteiger partial charge in [-0.25, -0.2) is 0 Å². The zero-order valence-electron chi connectivity index (χ0n) is 10.3. The van der Waals surface area contributed by atoms with E-state index in [1.165, 1.54) is 12.8 Å². The highest BCUT2D eigenvalue weighted by molar-refractivity contribution is 5.67. The van der Waals surface area contributed by atoms with Crippen LogP contribution in [0.25, 0.3) is 0 Å². The number of hydrogen-bond acceptors (Lipinski definition) is 1. The highest BCUT2D eigenvalue weighted by atomic mass is 16.4. The van der Waals surface area contributed by atoms with Crippen LogP contribution in [0.2, 0.25) is 0 Å². The molecule has 88 valence electrons. The van der Waals surface area contributed by atoms with E-state index in [0.717, 1.165) is 31.1 Å². The lowest BCUT2D eigenvalue weighted by Gasteiger charge is -2.40. The summed E-state index contributed by atoms with van der Waals surface area (Å²) in [4.78, 5) is 10.8. The molecule has 0 spiro atoms. The van der Waals surface area contributed by atoms with E-state index in [1.807, 2.05) is 0 Å². The summed E-state index contributed by atoms with van der Waals surface area (Å²) >= 11 is 0. The predicted molar refractivity (Wildman–Crippen MR) is 61.8 cm³/mol. The summed E-state index contributed by atoms with van der Waals surface area (Å²) < 4.78 is 0. The van der Waals surface area contributed by atoms with Crippen LogP contribution >= 0.6 is 0 Å².